The molecule has 0 rings (SSSR count). The van der Waals surface area contributed by atoms with Crippen LogP contribution in [0.4, 0.5) is 0 Å². The summed E-state index contributed by atoms with van der Waals surface area (Å²) in [6.45, 7) is 10.3. The number of hydrogen-bond acceptors (Lipinski definition) is 3. The molecule has 0 saturated heterocycles. The van der Waals surface area contributed by atoms with Crippen LogP contribution in [0, 0.1) is 0 Å². The molecule has 3 heteroatoms. The van der Waals surface area contributed by atoms with E-state index in [1.54, 1.807) is 20.8 Å². The monoisotopic (exact) mass is 187 g/mol. The van der Waals surface area contributed by atoms with Crippen molar-refractivity contribution in [2.75, 3.05) is 13.1 Å². The molecule has 0 aliphatic rings. The Labute approximate surface area is 80.7 Å². The molecule has 1 atom stereocenters. The Balaban J connectivity index is 4.26. The fourth-order valence-corrected chi connectivity index (χ4v) is 1.28. The summed E-state index contributed by atoms with van der Waals surface area (Å²) in [7, 11) is 0. The molecule has 0 aromatic rings. The smallest absolute Gasteiger partial charge is 0.146 e. The fourth-order valence-electron chi connectivity index (χ4n) is 1.28. The van der Waals surface area contributed by atoms with E-state index in [1.807, 2.05) is 18.7 Å². The van der Waals surface area contributed by atoms with Gasteiger partial charge in [0.1, 0.15) is 5.78 Å². The lowest BCUT2D eigenvalue weighted by molar-refractivity contribution is -0.122. The Hall–Kier alpha value is -0.410. The van der Waals surface area contributed by atoms with Crippen LogP contribution < -0.4 is 0 Å². The molecule has 0 saturated carbocycles. The highest BCUT2D eigenvalue weighted by molar-refractivity contribution is 5.80. The third kappa shape index (κ3) is 5.01. The topological polar surface area (TPSA) is 40.5 Å². The predicted molar refractivity (Wildman–Crippen MR) is 53.7 cm³/mol. The molecule has 13 heavy (non-hydrogen) atoms. The van der Waals surface area contributed by atoms with Gasteiger partial charge in [0, 0.05) is 6.54 Å². The molecule has 3 nitrogen and oxygen atoms in total. The Morgan fingerprint density at radius 2 is 2.00 bits per heavy atom. The van der Waals surface area contributed by atoms with Crippen molar-refractivity contribution in [1.82, 2.24) is 4.90 Å². The number of carbonyl (C=O) groups is 1. The second-order valence-electron chi connectivity index (χ2n) is 4.16. The van der Waals surface area contributed by atoms with Crippen molar-refractivity contribution in [3.8, 4) is 0 Å². The minimum Gasteiger partial charge on any atom is -0.389 e. The third-order valence-corrected chi connectivity index (χ3v) is 2.13. The van der Waals surface area contributed by atoms with Crippen LogP contribution in [-0.2, 0) is 4.79 Å². The molecule has 78 valence electrons. The zero-order valence-corrected chi connectivity index (χ0v) is 9.29. The number of aliphatic hydroxyl groups is 1. The Morgan fingerprint density at radius 1 is 1.54 bits per heavy atom. The summed E-state index contributed by atoms with van der Waals surface area (Å²) in [5.74, 6) is 0.145. The molecule has 1 N–H and O–H groups in total. The van der Waals surface area contributed by atoms with Crippen LogP contribution >= 0.6 is 0 Å². The molecule has 0 spiro atoms. The molecule has 0 aliphatic carbocycles. The number of ketones is 1. The lowest BCUT2D eigenvalue weighted by Crippen LogP contribution is -2.45. The number of hydrogen-bond donors (Lipinski definition) is 1. The van der Waals surface area contributed by atoms with Crippen molar-refractivity contribution in [2.24, 2.45) is 0 Å². The van der Waals surface area contributed by atoms with Crippen LogP contribution in [0.5, 0.6) is 0 Å². The quantitative estimate of drug-likeness (QED) is 0.699. The highest BCUT2D eigenvalue weighted by atomic mass is 16.3. The van der Waals surface area contributed by atoms with E-state index in [4.69, 9.17) is 0 Å². The van der Waals surface area contributed by atoms with Gasteiger partial charge < -0.3 is 5.11 Å². The summed E-state index contributed by atoms with van der Waals surface area (Å²) in [6.07, 6.45) is 0. The maximum Gasteiger partial charge on any atom is 0.146 e. The van der Waals surface area contributed by atoms with Crippen LogP contribution in [0.15, 0.2) is 0 Å². The van der Waals surface area contributed by atoms with Crippen LogP contribution in [0.25, 0.3) is 0 Å². The summed E-state index contributed by atoms with van der Waals surface area (Å²) in [5.41, 5.74) is -0.736. The molecule has 1 unspecified atom stereocenters. The highest BCUT2D eigenvalue weighted by Gasteiger charge is 2.23. The van der Waals surface area contributed by atoms with Gasteiger partial charge in [-0.25, -0.2) is 0 Å². The standard InChI is InChI=1S/C10H21NO2/c1-6-11(7-10(4,5)13)8(2)9(3)12/h8,13H,6-7H2,1-5H3. The van der Waals surface area contributed by atoms with Crippen molar-refractivity contribution in [3.63, 3.8) is 0 Å². The van der Waals surface area contributed by atoms with Gasteiger partial charge in [-0.3, -0.25) is 9.69 Å². The van der Waals surface area contributed by atoms with Gasteiger partial charge in [0.25, 0.3) is 0 Å². The molecule has 0 bridgehead atoms. The molecule has 0 aromatic heterocycles. The van der Waals surface area contributed by atoms with Gasteiger partial charge in [-0.1, -0.05) is 6.92 Å². The minimum absolute atomic E-state index is 0.101. The normalized spacial score (nSPS) is 14.7. The first-order valence-corrected chi connectivity index (χ1v) is 4.75. The molecule has 0 amide bonds. The average molecular weight is 187 g/mol. The highest BCUT2D eigenvalue weighted by Crippen LogP contribution is 2.08. The maximum absolute atomic E-state index is 11.1. The Bertz CT molecular complexity index is 172. The van der Waals surface area contributed by atoms with Crippen molar-refractivity contribution in [1.29, 1.82) is 0 Å². The number of rotatable bonds is 5. The van der Waals surface area contributed by atoms with Gasteiger partial charge in [-0.05, 0) is 34.2 Å². The number of carbonyl (C=O) groups excluding carboxylic acids is 1. The SMILES string of the molecule is CCN(CC(C)(C)O)C(C)C(C)=O. The molecule has 0 heterocycles. The molecule has 0 radical (unpaired) electrons. The summed E-state index contributed by atoms with van der Waals surface area (Å²) in [5, 5.41) is 9.60. The van der Waals surface area contributed by atoms with E-state index in [2.05, 4.69) is 0 Å². The minimum atomic E-state index is -0.736. The first-order valence-electron chi connectivity index (χ1n) is 4.75. The molecular weight excluding hydrogens is 166 g/mol. The molecule has 0 aliphatic heterocycles. The summed E-state index contributed by atoms with van der Waals surface area (Å²) in [6, 6.07) is -0.101. The second-order valence-corrected chi connectivity index (χ2v) is 4.16. The summed E-state index contributed by atoms with van der Waals surface area (Å²) in [4.78, 5) is 13.1. The average Bonchev–Trinajstić information content (AvgIpc) is 1.97. The van der Waals surface area contributed by atoms with Crippen LogP contribution in [0.1, 0.15) is 34.6 Å². The van der Waals surface area contributed by atoms with Crippen LogP contribution in [0.2, 0.25) is 0 Å². The first-order chi connectivity index (χ1) is 5.78. The van der Waals surface area contributed by atoms with Crippen LogP contribution in [-0.4, -0.2) is 40.5 Å². The molecule has 0 aromatic carbocycles. The van der Waals surface area contributed by atoms with Gasteiger partial charge in [0.15, 0.2) is 0 Å². The summed E-state index contributed by atoms with van der Waals surface area (Å²) < 4.78 is 0. The zero-order chi connectivity index (χ0) is 10.6. The lowest BCUT2D eigenvalue weighted by Gasteiger charge is -2.31. The predicted octanol–water partition coefficient (Wildman–Crippen LogP) is 1.06. The van der Waals surface area contributed by atoms with E-state index < -0.39 is 5.60 Å². The van der Waals surface area contributed by atoms with Gasteiger partial charge in [0.05, 0.1) is 11.6 Å². The maximum atomic E-state index is 11.1. The van der Waals surface area contributed by atoms with Crippen molar-refractivity contribution in [2.45, 2.75) is 46.3 Å². The van der Waals surface area contributed by atoms with Crippen molar-refractivity contribution in [3.05, 3.63) is 0 Å². The van der Waals surface area contributed by atoms with E-state index in [9.17, 15) is 9.90 Å². The van der Waals surface area contributed by atoms with Gasteiger partial charge in [-0.15, -0.1) is 0 Å². The van der Waals surface area contributed by atoms with Crippen molar-refractivity contribution >= 4 is 5.78 Å². The Morgan fingerprint density at radius 3 is 2.23 bits per heavy atom. The van der Waals surface area contributed by atoms with Crippen LogP contribution in [0.3, 0.4) is 0 Å². The fraction of sp³-hybridized carbons (Fsp3) is 0.900. The van der Waals surface area contributed by atoms with Gasteiger partial charge in [-0.2, -0.15) is 0 Å². The Kier molecular flexibility index (Phi) is 4.57. The zero-order valence-electron chi connectivity index (χ0n) is 9.29. The van der Waals surface area contributed by atoms with Crippen molar-refractivity contribution < 1.29 is 9.90 Å². The van der Waals surface area contributed by atoms with Gasteiger partial charge >= 0.3 is 0 Å². The number of Topliss-reactive ketones (excluding diaryl/α,β-unsaturated/α-hetero) is 1. The summed E-state index contributed by atoms with van der Waals surface area (Å²) >= 11 is 0. The number of likely N-dealkylation sites (N-methyl/N-ethyl adjacent to an activating group) is 1. The lowest BCUT2D eigenvalue weighted by atomic mass is 10.1. The van der Waals surface area contributed by atoms with E-state index in [0.717, 1.165) is 6.54 Å². The van der Waals surface area contributed by atoms with E-state index in [-0.39, 0.29) is 11.8 Å². The molecule has 0 fully saturated rings. The van der Waals surface area contributed by atoms with E-state index in [0.29, 0.717) is 6.54 Å². The second kappa shape index (κ2) is 4.72. The third-order valence-electron chi connectivity index (χ3n) is 2.13. The largest absolute Gasteiger partial charge is 0.389 e. The first kappa shape index (κ1) is 12.6. The molecular formula is C10H21NO2. The van der Waals surface area contributed by atoms with E-state index in [1.165, 1.54) is 0 Å². The number of nitrogens with zero attached hydrogens (tertiary/aromatic N) is 1. The van der Waals surface area contributed by atoms with Gasteiger partial charge in [0.2, 0.25) is 0 Å². The van der Waals surface area contributed by atoms with E-state index >= 15 is 0 Å².